The van der Waals surface area contributed by atoms with Crippen LogP contribution in [0.1, 0.15) is 15.9 Å². The van der Waals surface area contributed by atoms with Crippen molar-refractivity contribution in [3.05, 3.63) is 96.1 Å². The zero-order valence-corrected chi connectivity index (χ0v) is 17.4. The predicted molar refractivity (Wildman–Crippen MR) is 103 cm³/mol. The molecular weight excluding hydrogens is 483 g/mol. The van der Waals surface area contributed by atoms with Crippen LogP contribution in [0.5, 0.6) is 0 Å². The van der Waals surface area contributed by atoms with Crippen molar-refractivity contribution in [2.45, 2.75) is 9.89 Å². The fourth-order valence-electron chi connectivity index (χ4n) is 2.34. The van der Waals surface area contributed by atoms with E-state index in [1.807, 2.05) is 60.7 Å². The average Bonchev–Trinajstić information content (AvgIpc) is 2.68. The van der Waals surface area contributed by atoms with Gasteiger partial charge in [-0.2, -0.15) is 0 Å². The maximum atomic E-state index is 13.1. The molecule has 0 atom stereocenters. The van der Waals surface area contributed by atoms with Crippen LogP contribution in [0, 0.1) is 0 Å². The average molecular weight is 498 g/mol. The predicted octanol–water partition coefficient (Wildman–Crippen LogP) is 3.69. The number of Topliss-reactive ketones (excluding diaryl/α,β-unsaturated/α-hetero) is 1. The van der Waals surface area contributed by atoms with E-state index in [2.05, 4.69) is 0 Å². The van der Waals surface area contributed by atoms with Crippen molar-refractivity contribution in [3.8, 4) is 0 Å². The van der Waals surface area contributed by atoms with Crippen LogP contribution in [0.2, 0.25) is 3.71 Å². The number of halogens is 3. The van der Waals surface area contributed by atoms with Gasteiger partial charge in [0.15, 0.2) is 0 Å². The first-order chi connectivity index (χ1) is 12.9. The molecule has 6 heteroatoms. The normalized spacial score (nSPS) is 11.6. The van der Waals surface area contributed by atoms with Gasteiger partial charge in [0, 0.05) is 0 Å². The summed E-state index contributed by atoms with van der Waals surface area (Å²) < 4.78 is 40.3. The topological polar surface area (TPSA) is 17.1 Å². The van der Waals surface area contributed by atoms with Crippen LogP contribution in [0.3, 0.4) is 0 Å². The second-order valence-electron chi connectivity index (χ2n) is 5.63. The van der Waals surface area contributed by atoms with Gasteiger partial charge in [-0.1, -0.05) is 0 Å². The number of carbonyl (C=O) groups excluding carboxylic acids is 1. The Kier molecular flexibility index (Phi) is 6.56. The summed E-state index contributed by atoms with van der Waals surface area (Å²) in [6, 6.07) is 24.1. The number of rotatable bonds is 6. The number of benzene rings is 3. The summed E-state index contributed by atoms with van der Waals surface area (Å²) in [7, 11) is 0. The monoisotopic (exact) mass is 500 g/mol. The minimum atomic E-state index is -4.40. The maximum absolute atomic E-state index is 13.1. The van der Waals surface area contributed by atoms with Gasteiger partial charge in [-0.25, -0.2) is 0 Å². The zero-order chi connectivity index (χ0) is 19.3. The second-order valence-corrected chi connectivity index (χ2v) is 12.1. The fraction of sp³-hybridized carbons (Fsp3) is 0.0952. The van der Waals surface area contributed by atoms with E-state index in [9.17, 15) is 18.0 Å². The van der Waals surface area contributed by atoms with Crippen LogP contribution in [0.25, 0.3) is 0 Å². The van der Waals surface area contributed by atoms with Gasteiger partial charge in [0.05, 0.1) is 0 Å². The third-order valence-corrected chi connectivity index (χ3v) is 9.86. The van der Waals surface area contributed by atoms with Gasteiger partial charge in [0.25, 0.3) is 0 Å². The van der Waals surface area contributed by atoms with E-state index < -0.39 is 11.7 Å². The van der Waals surface area contributed by atoms with Gasteiger partial charge < -0.3 is 0 Å². The molecule has 0 N–H and O–H groups in total. The summed E-state index contributed by atoms with van der Waals surface area (Å²) in [5.74, 6) is -0.0866. The molecule has 0 fully saturated rings. The summed E-state index contributed by atoms with van der Waals surface area (Å²) in [4.78, 5) is 13.1. The van der Waals surface area contributed by atoms with Crippen molar-refractivity contribution in [3.63, 3.8) is 0 Å². The third-order valence-electron chi connectivity index (χ3n) is 3.68. The molecule has 0 aliphatic rings. The Labute approximate surface area is 168 Å². The SMILES string of the molecule is O=C(c1ccc(C(F)(F)F)cc1)C([Se]c1ccccc1)[Se]c1ccccc1. The van der Waals surface area contributed by atoms with E-state index in [0.717, 1.165) is 21.1 Å². The van der Waals surface area contributed by atoms with E-state index in [0.29, 0.717) is 5.56 Å². The molecule has 0 unspecified atom stereocenters. The molecule has 0 saturated carbocycles. The van der Waals surface area contributed by atoms with Gasteiger partial charge in [-0.15, -0.1) is 0 Å². The van der Waals surface area contributed by atoms with Crippen LogP contribution >= 0.6 is 0 Å². The van der Waals surface area contributed by atoms with Crippen molar-refractivity contribution >= 4 is 44.6 Å². The number of carbonyl (C=O) groups is 1. The first kappa shape index (κ1) is 19.9. The Balaban J connectivity index is 1.85. The summed E-state index contributed by atoms with van der Waals surface area (Å²) in [6.07, 6.45) is -4.40. The van der Waals surface area contributed by atoms with Crippen molar-refractivity contribution in [2.75, 3.05) is 0 Å². The van der Waals surface area contributed by atoms with E-state index in [1.54, 1.807) is 0 Å². The minimum absolute atomic E-state index is 0.0866. The van der Waals surface area contributed by atoms with E-state index in [-0.39, 0.29) is 39.4 Å². The van der Waals surface area contributed by atoms with Crippen LogP contribution in [-0.2, 0) is 6.18 Å². The number of hydrogen-bond donors (Lipinski definition) is 0. The van der Waals surface area contributed by atoms with Crippen molar-refractivity contribution in [1.82, 2.24) is 0 Å². The zero-order valence-electron chi connectivity index (χ0n) is 14.0. The van der Waals surface area contributed by atoms with Crippen LogP contribution in [0.4, 0.5) is 13.2 Å². The Bertz CT molecular complexity index is 837. The molecule has 0 heterocycles. The number of ketones is 1. The molecule has 3 aromatic carbocycles. The van der Waals surface area contributed by atoms with Gasteiger partial charge in [-0.3, -0.25) is 0 Å². The summed E-state index contributed by atoms with van der Waals surface area (Å²) in [5, 5.41) is 0. The van der Waals surface area contributed by atoms with E-state index in [4.69, 9.17) is 0 Å². The first-order valence-electron chi connectivity index (χ1n) is 8.08. The molecule has 1 nitrogen and oxygen atoms in total. The van der Waals surface area contributed by atoms with Crippen LogP contribution < -0.4 is 8.92 Å². The van der Waals surface area contributed by atoms with Gasteiger partial charge >= 0.3 is 169 Å². The molecule has 3 aromatic rings. The van der Waals surface area contributed by atoms with Crippen molar-refractivity contribution in [1.29, 1.82) is 0 Å². The van der Waals surface area contributed by atoms with Crippen LogP contribution in [-0.4, -0.2) is 35.7 Å². The molecule has 0 bridgehead atoms. The Morgan fingerprint density at radius 1 is 0.704 bits per heavy atom. The van der Waals surface area contributed by atoms with Gasteiger partial charge in [-0.05, 0) is 0 Å². The van der Waals surface area contributed by atoms with Gasteiger partial charge in [0.2, 0.25) is 0 Å². The molecule has 0 aliphatic heterocycles. The fourth-order valence-corrected chi connectivity index (χ4v) is 8.76. The number of hydrogen-bond acceptors (Lipinski definition) is 1. The molecule has 27 heavy (non-hydrogen) atoms. The molecule has 0 amide bonds. The summed E-state index contributed by atoms with van der Waals surface area (Å²) in [6.45, 7) is 0. The molecule has 3 rings (SSSR count). The van der Waals surface area contributed by atoms with Crippen molar-refractivity contribution < 1.29 is 18.0 Å². The third kappa shape index (κ3) is 5.57. The molecule has 0 aromatic heterocycles. The Morgan fingerprint density at radius 3 is 1.56 bits per heavy atom. The number of alkyl halides is 3. The Morgan fingerprint density at radius 2 is 1.15 bits per heavy atom. The molecule has 0 radical (unpaired) electrons. The quantitative estimate of drug-likeness (QED) is 0.375. The standard InChI is InChI=1S/C21H15F3OSe2/c22-21(23,24)16-13-11-15(12-14-16)19(25)20(26-17-7-3-1-4-8-17)27-18-9-5-2-6-10-18/h1-14,20H. The first-order valence-corrected chi connectivity index (χ1v) is 11.8. The molecular formula is C21H15F3OSe2. The second kappa shape index (κ2) is 8.90. The summed E-state index contributed by atoms with van der Waals surface area (Å²) in [5.41, 5.74) is -0.402. The van der Waals surface area contributed by atoms with Crippen LogP contribution in [0.15, 0.2) is 84.9 Å². The van der Waals surface area contributed by atoms with Gasteiger partial charge in [0.1, 0.15) is 0 Å². The molecule has 0 aliphatic carbocycles. The van der Waals surface area contributed by atoms with Crippen molar-refractivity contribution in [2.24, 2.45) is 0 Å². The Hall–Kier alpha value is -1.84. The molecule has 0 spiro atoms. The van der Waals surface area contributed by atoms with E-state index in [1.165, 1.54) is 12.1 Å². The molecule has 0 saturated heterocycles. The molecule has 138 valence electrons. The summed E-state index contributed by atoms with van der Waals surface area (Å²) >= 11 is -0.201. The van der Waals surface area contributed by atoms with E-state index >= 15 is 0 Å².